The first-order chi connectivity index (χ1) is 7.11. The van der Waals surface area contributed by atoms with Gasteiger partial charge in [-0.2, -0.15) is 0 Å². The van der Waals surface area contributed by atoms with Crippen LogP contribution in [0, 0.1) is 0 Å². The number of β-amino-alcohol motifs (C(OH)–C–C–N with tert-alkyl or cyclic N) is 1. The second kappa shape index (κ2) is 3.62. The minimum atomic E-state index is -0.501. The minimum Gasteiger partial charge on any atom is -0.392 e. The molecule has 0 spiro atoms. The Hall–Kier alpha value is -1.42. The van der Waals surface area contributed by atoms with Crippen molar-refractivity contribution in [3.8, 4) is 0 Å². The quantitative estimate of drug-likeness (QED) is 0.784. The number of aliphatic hydroxyl groups is 1. The molecule has 2 unspecified atom stereocenters. The third-order valence-corrected chi connectivity index (χ3v) is 2.72. The van der Waals surface area contributed by atoms with Crippen LogP contribution in [0.3, 0.4) is 0 Å². The molecule has 0 radical (unpaired) electrons. The zero-order valence-corrected chi connectivity index (χ0v) is 8.84. The maximum Gasteiger partial charge on any atom is 0.256 e. The molecule has 0 saturated heterocycles. The molecular weight excluding hydrogens is 192 g/mol. The van der Waals surface area contributed by atoms with Gasteiger partial charge in [-0.3, -0.25) is 9.78 Å². The lowest BCUT2D eigenvalue weighted by molar-refractivity contribution is 0.0612. The van der Waals surface area contributed by atoms with Crippen molar-refractivity contribution >= 4 is 5.91 Å². The number of aliphatic hydroxyl groups excluding tert-OH is 1. The third-order valence-electron chi connectivity index (χ3n) is 2.72. The van der Waals surface area contributed by atoms with Gasteiger partial charge in [0.1, 0.15) is 0 Å². The average Bonchev–Trinajstić information content (AvgIpc) is 2.44. The van der Waals surface area contributed by atoms with Crippen molar-refractivity contribution in [1.82, 2.24) is 9.88 Å². The SMILES string of the molecule is CC(O)CN1C(=O)c2cnccc2C1C. The van der Waals surface area contributed by atoms with Crippen LogP contribution in [-0.4, -0.2) is 33.5 Å². The molecular formula is C11H14N2O2. The maximum atomic E-state index is 11.9. The number of carbonyl (C=O) groups excluding carboxylic acids is 1. The summed E-state index contributed by atoms with van der Waals surface area (Å²) in [5.41, 5.74) is 1.65. The lowest BCUT2D eigenvalue weighted by Crippen LogP contribution is -2.33. The van der Waals surface area contributed by atoms with Crippen LogP contribution in [0.1, 0.15) is 35.8 Å². The fraction of sp³-hybridized carbons (Fsp3) is 0.455. The van der Waals surface area contributed by atoms with Crippen LogP contribution in [0.25, 0.3) is 0 Å². The van der Waals surface area contributed by atoms with Crippen molar-refractivity contribution in [2.75, 3.05) is 6.54 Å². The van der Waals surface area contributed by atoms with Crippen LogP contribution < -0.4 is 0 Å². The van der Waals surface area contributed by atoms with Crippen molar-refractivity contribution < 1.29 is 9.90 Å². The van der Waals surface area contributed by atoms with E-state index in [1.54, 1.807) is 24.2 Å². The van der Waals surface area contributed by atoms with Crippen LogP contribution in [0.2, 0.25) is 0 Å². The highest BCUT2D eigenvalue weighted by Gasteiger charge is 2.34. The first kappa shape index (κ1) is 10.1. The highest BCUT2D eigenvalue weighted by molar-refractivity contribution is 5.98. The summed E-state index contributed by atoms with van der Waals surface area (Å²) in [7, 11) is 0. The number of rotatable bonds is 2. The van der Waals surface area contributed by atoms with Gasteiger partial charge >= 0.3 is 0 Å². The molecule has 1 aliphatic rings. The van der Waals surface area contributed by atoms with E-state index in [9.17, 15) is 9.90 Å². The summed E-state index contributed by atoms with van der Waals surface area (Å²) < 4.78 is 0. The topological polar surface area (TPSA) is 53.4 Å². The monoisotopic (exact) mass is 206 g/mol. The van der Waals surface area contributed by atoms with Crippen LogP contribution in [-0.2, 0) is 0 Å². The van der Waals surface area contributed by atoms with E-state index in [0.717, 1.165) is 5.56 Å². The molecule has 0 bridgehead atoms. The predicted octanol–water partition coefficient (Wildman–Crippen LogP) is 0.979. The maximum absolute atomic E-state index is 11.9. The Balaban J connectivity index is 2.32. The van der Waals surface area contributed by atoms with Gasteiger partial charge in [-0.15, -0.1) is 0 Å². The second-order valence-corrected chi connectivity index (χ2v) is 3.95. The number of nitrogens with zero attached hydrogens (tertiary/aromatic N) is 2. The van der Waals surface area contributed by atoms with E-state index in [2.05, 4.69) is 4.98 Å². The van der Waals surface area contributed by atoms with E-state index in [4.69, 9.17) is 0 Å². The van der Waals surface area contributed by atoms with E-state index in [1.165, 1.54) is 0 Å². The second-order valence-electron chi connectivity index (χ2n) is 3.95. The lowest BCUT2D eigenvalue weighted by Gasteiger charge is -2.23. The Labute approximate surface area is 88.6 Å². The molecule has 0 saturated carbocycles. The molecule has 4 heteroatoms. The number of hydrogen-bond donors (Lipinski definition) is 1. The smallest absolute Gasteiger partial charge is 0.256 e. The van der Waals surface area contributed by atoms with Crippen LogP contribution in [0.4, 0.5) is 0 Å². The molecule has 4 nitrogen and oxygen atoms in total. The molecule has 0 fully saturated rings. The van der Waals surface area contributed by atoms with Crippen LogP contribution >= 0.6 is 0 Å². The van der Waals surface area contributed by atoms with Gasteiger partial charge in [0.25, 0.3) is 5.91 Å². The number of fused-ring (bicyclic) bond motifs is 1. The number of hydrogen-bond acceptors (Lipinski definition) is 3. The van der Waals surface area contributed by atoms with Crippen LogP contribution in [0.5, 0.6) is 0 Å². The molecule has 0 aliphatic carbocycles. The predicted molar refractivity (Wildman–Crippen MR) is 55.4 cm³/mol. The summed E-state index contributed by atoms with van der Waals surface area (Å²) in [6.45, 7) is 4.02. The van der Waals surface area contributed by atoms with Gasteiger partial charge in [0.15, 0.2) is 0 Å². The number of pyridine rings is 1. The Bertz CT molecular complexity index is 390. The molecule has 1 aromatic rings. The molecule has 1 N–H and O–H groups in total. The highest BCUT2D eigenvalue weighted by atomic mass is 16.3. The molecule has 1 amide bonds. The largest absolute Gasteiger partial charge is 0.392 e. The molecule has 15 heavy (non-hydrogen) atoms. The average molecular weight is 206 g/mol. The first-order valence-electron chi connectivity index (χ1n) is 5.04. The Morgan fingerprint density at radius 3 is 3.00 bits per heavy atom. The van der Waals surface area contributed by atoms with E-state index in [-0.39, 0.29) is 11.9 Å². The van der Waals surface area contributed by atoms with Gasteiger partial charge in [-0.1, -0.05) is 0 Å². The van der Waals surface area contributed by atoms with Gasteiger partial charge in [0, 0.05) is 18.9 Å². The van der Waals surface area contributed by atoms with Crippen molar-refractivity contribution in [2.24, 2.45) is 0 Å². The van der Waals surface area contributed by atoms with Crippen LogP contribution in [0.15, 0.2) is 18.5 Å². The lowest BCUT2D eigenvalue weighted by atomic mass is 10.1. The summed E-state index contributed by atoms with van der Waals surface area (Å²) in [4.78, 5) is 17.5. The molecule has 0 aromatic carbocycles. The van der Waals surface area contributed by atoms with E-state index in [1.807, 2.05) is 13.0 Å². The van der Waals surface area contributed by atoms with Gasteiger partial charge in [0.05, 0.1) is 17.7 Å². The molecule has 2 heterocycles. The summed E-state index contributed by atoms with van der Waals surface area (Å²) in [5, 5.41) is 9.32. The first-order valence-corrected chi connectivity index (χ1v) is 5.04. The normalized spacial score (nSPS) is 21.7. The molecule has 2 atom stereocenters. The molecule has 1 aliphatic heterocycles. The molecule has 1 aromatic heterocycles. The van der Waals surface area contributed by atoms with Crippen molar-refractivity contribution in [2.45, 2.75) is 26.0 Å². The highest BCUT2D eigenvalue weighted by Crippen LogP contribution is 2.32. The van der Waals surface area contributed by atoms with E-state index < -0.39 is 6.10 Å². The number of aromatic nitrogens is 1. The number of carbonyl (C=O) groups is 1. The zero-order chi connectivity index (χ0) is 11.0. The Kier molecular flexibility index (Phi) is 2.44. The van der Waals surface area contributed by atoms with E-state index in [0.29, 0.717) is 12.1 Å². The molecule has 2 rings (SSSR count). The Morgan fingerprint density at radius 1 is 1.67 bits per heavy atom. The fourth-order valence-corrected chi connectivity index (χ4v) is 1.97. The standard InChI is InChI=1S/C11H14N2O2/c1-7(14)6-13-8(2)9-3-4-12-5-10(9)11(13)15/h3-5,7-8,14H,6H2,1-2H3. The minimum absolute atomic E-state index is 0.0325. The third kappa shape index (κ3) is 1.61. The summed E-state index contributed by atoms with van der Waals surface area (Å²) in [6, 6.07) is 1.89. The summed E-state index contributed by atoms with van der Waals surface area (Å²) >= 11 is 0. The van der Waals surface area contributed by atoms with Gasteiger partial charge in [0.2, 0.25) is 0 Å². The van der Waals surface area contributed by atoms with E-state index >= 15 is 0 Å². The Morgan fingerprint density at radius 2 is 2.40 bits per heavy atom. The zero-order valence-electron chi connectivity index (χ0n) is 8.84. The van der Waals surface area contributed by atoms with Crippen molar-refractivity contribution in [3.05, 3.63) is 29.6 Å². The number of amides is 1. The molecule has 80 valence electrons. The summed E-state index contributed by atoms with van der Waals surface area (Å²) in [5.74, 6) is -0.0356. The van der Waals surface area contributed by atoms with Crippen molar-refractivity contribution in [3.63, 3.8) is 0 Å². The van der Waals surface area contributed by atoms with Gasteiger partial charge in [-0.25, -0.2) is 0 Å². The van der Waals surface area contributed by atoms with Crippen molar-refractivity contribution in [1.29, 1.82) is 0 Å². The van der Waals surface area contributed by atoms with Gasteiger partial charge < -0.3 is 10.0 Å². The fourth-order valence-electron chi connectivity index (χ4n) is 1.97. The summed E-state index contributed by atoms with van der Waals surface area (Å²) in [6.07, 6.45) is 2.78. The van der Waals surface area contributed by atoms with Gasteiger partial charge in [-0.05, 0) is 25.5 Å².